The third-order valence-electron chi connectivity index (χ3n) is 3.34. The molecule has 0 heterocycles. The molecule has 17 heavy (non-hydrogen) atoms. The zero-order valence-electron chi connectivity index (χ0n) is 11.3. The third-order valence-corrected chi connectivity index (χ3v) is 3.34. The largest absolute Gasteiger partial charge is 0.395 e. The van der Waals surface area contributed by atoms with Gasteiger partial charge < -0.3 is 5.11 Å². The van der Waals surface area contributed by atoms with Gasteiger partial charge in [0.25, 0.3) is 0 Å². The summed E-state index contributed by atoms with van der Waals surface area (Å²) < 4.78 is 0. The molecule has 0 aliphatic heterocycles. The number of rotatable bonds is 7. The van der Waals surface area contributed by atoms with Gasteiger partial charge in [-0.3, -0.25) is 4.90 Å². The number of hydrogen-bond acceptors (Lipinski definition) is 2. The van der Waals surface area contributed by atoms with E-state index in [1.807, 2.05) is 0 Å². The van der Waals surface area contributed by atoms with Gasteiger partial charge in [0.05, 0.1) is 6.61 Å². The molecule has 0 saturated carbocycles. The minimum absolute atomic E-state index is 0.252. The monoisotopic (exact) mass is 235 g/mol. The van der Waals surface area contributed by atoms with Crippen molar-refractivity contribution >= 4 is 0 Å². The van der Waals surface area contributed by atoms with Gasteiger partial charge in [-0.2, -0.15) is 0 Å². The van der Waals surface area contributed by atoms with Crippen molar-refractivity contribution in [3.8, 4) is 0 Å². The van der Waals surface area contributed by atoms with Crippen LogP contribution < -0.4 is 0 Å². The maximum atomic E-state index is 9.43. The van der Waals surface area contributed by atoms with Crippen LogP contribution in [0.4, 0.5) is 0 Å². The molecule has 1 aromatic carbocycles. The third kappa shape index (κ3) is 4.14. The number of aryl methyl sites for hydroxylation is 1. The van der Waals surface area contributed by atoms with Crippen molar-refractivity contribution in [1.82, 2.24) is 4.90 Å². The standard InChI is InChI=1S/C15H25NO/c1-4-10-16(15(5-2)12-17)11-14-9-7-6-8-13(14)3/h6-9,15,17H,4-5,10-12H2,1-3H3/t15-/m1/s1. The fourth-order valence-electron chi connectivity index (χ4n) is 2.19. The molecule has 2 nitrogen and oxygen atoms in total. The van der Waals surface area contributed by atoms with Crippen LogP contribution in [0.5, 0.6) is 0 Å². The van der Waals surface area contributed by atoms with Gasteiger partial charge in [-0.25, -0.2) is 0 Å². The molecule has 0 amide bonds. The molecule has 0 saturated heterocycles. The summed E-state index contributed by atoms with van der Waals surface area (Å²) >= 11 is 0. The highest BCUT2D eigenvalue weighted by Crippen LogP contribution is 2.14. The molecule has 0 bridgehead atoms. The number of aliphatic hydroxyl groups is 1. The topological polar surface area (TPSA) is 23.5 Å². The van der Waals surface area contributed by atoms with Crippen LogP contribution in [0.15, 0.2) is 24.3 Å². The molecule has 0 aliphatic rings. The minimum atomic E-state index is 0.252. The Morgan fingerprint density at radius 1 is 1.24 bits per heavy atom. The Balaban J connectivity index is 2.75. The normalized spacial score (nSPS) is 13.0. The maximum Gasteiger partial charge on any atom is 0.0586 e. The van der Waals surface area contributed by atoms with E-state index in [0.29, 0.717) is 0 Å². The van der Waals surface area contributed by atoms with Gasteiger partial charge in [-0.15, -0.1) is 0 Å². The lowest BCUT2D eigenvalue weighted by Crippen LogP contribution is -2.37. The average molecular weight is 235 g/mol. The summed E-state index contributed by atoms with van der Waals surface area (Å²) in [6.45, 7) is 8.73. The van der Waals surface area contributed by atoms with E-state index in [-0.39, 0.29) is 12.6 Å². The van der Waals surface area contributed by atoms with E-state index in [4.69, 9.17) is 0 Å². The van der Waals surface area contributed by atoms with E-state index in [1.165, 1.54) is 11.1 Å². The molecular weight excluding hydrogens is 210 g/mol. The molecule has 2 heteroatoms. The maximum absolute atomic E-state index is 9.43. The van der Waals surface area contributed by atoms with Crippen molar-refractivity contribution in [3.05, 3.63) is 35.4 Å². The predicted molar refractivity (Wildman–Crippen MR) is 73.0 cm³/mol. The van der Waals surface area contributed by atoms with Crippen LogP contribution in [0.2, 0.25) is 0 Å². The first-order valence-electron chi connectivity index (χ1n) is 6.62. The van der Waals surface area contributed by atoms with Crippen LogP contribution in [0.25, 0.3) is 0 Å². The van der Waals surface area contributed by atoms with Crippen molar-refractivity contribution in [2.75, 3.05) is 13.2 Å². The summed E-state index contributed by atoms with van der Waals surface area (Å²) in [7, 11) is 0. The molecular formula is C15H25NO. The molecule has 1 atom stereocenters. The van der Waals surface area contributed by atoms with Crippen LogP contribution in [0, 0.1) is 6.92 Å². The van der Waals surface area contributed by atoms with Crippen molar-refractivity contribution in [3.63, 3.8) is 0 Å². The van der Waals surface area contributed by atoms with Gasteiger partial charge >= 0.3 is 0 Å². The Morgan fingerprint density at radius 2 is 1.94 bits per heavy atom. The smallest absolute Gasteiger partial charge is 0.0586 e. The SMILES string of the molecule is CCCN(Cc1ccccc1C)[C@H](CC)CO. The first-order chi connectivity index (χ1) is 8.22. The Bertz CT molecular complexity index is 320. The summed E-state index contributed by atoms with van der Waals surface area (Å²) in [6.07, 6.45) is 2.13. The van der Waals surface area contributed by atoms with Gasteiger partial charge in [0.15, 0.2) is 0 Å². The van der Waals surface area contributed by atoms with Gasteiger partial charge in [0.1, 0.15) is 0 Å². The van der Waals surface area contributed by atoms with Crippen molar-refractivity contribution in [2.24, 2.45) is 0 Å². The fourth-order valence-corrected chi connectivity index (χ4v) is 2.19. The zero-order chi connectivity index (χ0) is 12.7. The molecule has 0 aliphatic carbocycles. The summed E-state index contributed by atoms with van der Waals surface area (Å²) in [4.78, 5) is 2.39. The van der Waals surface area contributed by atoms with E-state index in [0.717, 1.165) is 25.9 Å². The number of nitrogens with zero attached hydrogens (tertiary/aromatic N) is 1. The highest BCUT2D eigenvalue weighted by Gasteiger charge is 2.15. The van der Waals surface area contributed by atoms with Crippen LogP contribution in [-0.2, 0) is 6.54 Å². The highest BCUT2D eigenvalue weighted by atomic mass is 16.3. The first-order valence-corrected chi connectivity index (χ1v) is 6.62. The molecule has 1 rings (SSSR count). The molecule has 96 valence electrons. The molecule has 0 spiro atoms. The lowest BCUT2D eigenvalue weighted by atomic mass is 10.1. The second-order valence-electron chi connectivity index (χ2n) is 4.64. The molecule has 0 fully saturated rings. The van der Waals surface area contributed by atoms with E-state index in [2.05, 4.69) is 49.9 Å². The predicted octanol–water partition coefficient (Wildman–Crippen LogP) is 2.98. The lowest BCUT2D eigenvalue weighted by Gasteiger charge is -2.30. The molecule has 1 aromatic rings. The van der Waals surface area contributed by atoms with E-state index in [1.54, 1.807) is 0 Å². The first kappa shape index (κ1) is 14.2. The van der Waals surface area contributed by atoms with E-state index >= 15 is 0 Å². The van der Waals surface area contributed by atoms with Gasteiger partial charge in [0, 0.05) is 12.6 Å². The van der Waals surface area contributed by atoms with Crippen LogP contribution >= 0.6 is 0 Å². The Morgan fingerprint density at radius 3 is 2.47 bits per heavy atom. The zero-order valence-corrected chi connectivity index (χ0v) is 11.3. The summed E-state index contributed by atoms with van der Waals surface area (Å²) in [5.74, 6) is 0. The van der Waals surface area contributed by atoms with E-state index < -0.39 is 0 Å². The van der Waals surface area contributed by atoms with Crippen LogP contribution in [0.1, 0.15) is 37.8 Å². The molecule has 0 aromatic heterocycles. The fraction of sp³-hybridized carbons (Fsp3) is 0.600. The number of hydrogen-bond donors (Lipinski definition) is 1. The summed E-state index contributed by atoms with van der Waals surface area (Å²) in [6, 6.07) is 8.79. The molecule has 0 radical (unpaired) electrons. The second kappa shape index (κ2) is 7.46. The van der Waals surface area contributed by atoms with Gasteiger partial charge in [-0.1, -0.05) is 38.1 Å². The van der Waals surface area contributed by atoms with Crippen LogP contribution in [-0.4, -0.2) is 29.2 Å². The second-order valence-corrected chi connectivity index (χ2v) is 4.64. The Hall–Kier alpha value is -0.860. The molecule has 1 N–H and O–H groups in total. The highest BCUT2D eigenvalue weighted by molar-refractivity contribution is 5.25. The number of benzene rings is 1. The summed E-state index contributed by atoms with van der Waals surface area (Å²) in [5.41, 5.74) is 2.70. The summed E-state index contributed by atoms with van der Waals surface area (Å²) in [5, 5.41) is 9.43. The van der Waals surface area contributed by atoms with Crippen molar-refractivity contribution in [2.45, 2.75) is 46.2 Å². The van der Waals surface area contributed by atoms with Gasteiger partial charge in [-0.05, 0) is 37.4 Å². The van der Waals surface area contributed by atoms with Crippen molar-refractivity contribution in [1.29, 1.82) is 0 Å². The Kier molecular flexibility index (Phi) is 6.23. The van der Waals surface area contributed by atoms with Gasteiger partial charge in [0.2, 0.25) is 0 Å². The quantitative estimate of drug-likeness (QED) is 0.785. The Labute approximate surface area is 105 Å². The lowest BCUT2D eigenvalue weighted by molar-refractivity contribution is 0.113. The van der Waals surface area contributed by atoms with Crippen molar-refractivity contribution < 1.29 is 5.11 Å². The van der Waals surface area contributed by atoms with E-state index in [9.17, 15) is 5.11 Å². The minimum Gasteiger partial charge on any atom is -0.395 e. The van der Waals surface area contributed by atoms with Crippen LogP contribution in [0.3, 0.4) is 0 Å². The number of aliphatic hydroxyl groups excluding tert-OH is 1. The molecule has 0 unspecified atom stereocenters. The average Bonchev–Trinajstić information content (AvgIpc) is 2.34.